The Morgan fingerprint density at radius 2 is 1.94 bits per heavy atom. The van der Waals surface area contributed by atoms with Crippen LogP contribution in [-0.4, -0.2) is 43.8 Å². The van der Waals surface area contributed by atoms with Gasteiger partial charge in [-0.15, -0.1) is 11.3 Å². The van der Waals surface area contributed by atoms with Gasteiger partial charge in [0.2, 0.25) is 5.91 Å². The molecular weight excluding hydrogens is 521 g/mol. The fourth-order valence-corrected chi connectivity index (χ4v) is 6.61. The molecule has 0 atom stereocenters. The molecule has 2 amide bonds. The summed E-state index contributed by atoms with van der Waals surface area (Å²) < 4.78 is 25.1. The molecule has 0 radical (unpaired) electrons. The molecule has 176 valence electrons. The monoisotopic (exact) mass is 537 g/mol. The van der Waals surface area contributed by atoms with E-state index in [9.17, 15) is 22.8 Å². The number of hydrogen-bond donors (Lipinski definition) is 1. The third-order valence-electron chi connectivity index (χ3n) is 5.13. The van der Waals surface area contributed by atoms with Crippen LogP contribution in [0, 0.1) is 0 Å². The lowest BCUT2D eigenvalue weighted by Gasteiger charge is -2.26. The number of hydrogen-bond acceptors (Lipinski definition) is 8. The molecule has 3 aromatic rings. The molecule has 12 heteroatoms. The van der Waals surface area contributed by atoms with E-state index in [2.05, 4.69) is 10.3 Å². The van der Waals surface area contributed by atoms with E-state index in [0.717, 1.165) is 16.2 Å². The van der Waals surface area contributed by atoms with Crippen molar-refractivity contribution in [3.05, 3.63) is 68.6 Å². The second kappa shape index (κ2) is 9.46. The molecule has 2 aromatic heterocycles. The van der Waals surface area contributed by atoms with E-state index in [4.69, 9.17) is 23.2 Å². The number of sulfone groups is 1. The molecule has 0 spiro atoms. The predicted molar refractivity (Wildman–Crippen MR) is 131 cm³/mol. The molecule has 3 heterocycles. The number of imide groups is 1. The summed E-state index contributed by atoms with van der Waals surface area (Å²) in [4.78, 5) is 43.2. The number of fused-ring (bicyclic) bond motifs is 1. The molecule has 0 bridgehead atoms. The summed E-state index contributed by atoms with van der Waals surface area (Å²) in [5, 5.41) is 3.27. The van der Waals surface area contributed by atoms with E-state index in [1.165, 1.54) is 36.5 Å². The number of carbonyl (C=O) groups is 3. The number of ketones is 1. The van der Waals surface area contributed by atoms with Gasteiger partial charge in [0.25, 0.3) is 5.91 Å². The zero-order chi connectivity index (χ0) is 24.6. The van der Waals surface area contributed by atoms with E-state index in [-0.39, 0.29) is 22.9 Å². The van der Waals surface area contributed by atoms with E-state index >= 15 is 0 Å². The van der Waals surface area contributed by atoms with Gasteiger partial charge < -0.3 is 5.32 Å². The smallest absolute Gasteiger partial charge is 0.266 e. The van der Waals surface area contributed by atoms with Crippen LogP contribution in [0.4, 0.5) is 11.5 Å². The van der Waals surface area contributed by atoms with E-state index in [1.54, 1.807) is 13.1 Å². The van der Waals surface area contributed by atoms with Crippen LogP contribution >= 0.6 is 34.5 Å². The standard InChI is InChI=1S/C22H17Cl2N3O5S2/c1-25-17-7-13-8-20(29)27(22(30)15(13)9-16(17)23)19-4-2-12(10-26-19)6-14(28)11-34(31,32)21-5-3-18(24)33-21/h2-5,7,9-10,25H,6,8,11H2,1H3. The van der Waals surface area contributed by atoms with Crippen molar-refractivity contribution >= 4 is 73.5 Å². The third kappa shape index (κ3) is 4.85. The number of thiophene rings is 1. The summed E-state index contributed by atoms with van der Waals surface area (Å²) in [6.07, 6.45) is 1.17. The largest absolute Gasteiger partial charge is 0.387 e. The van der Waals surface area contributed by atoms with Crippen molar-refractivity contribution in [3.63, 3.8) is 0 Å². The van der Waals surface area contributed by atoms with Crippen LogP contribution < -0.4 is 10.2 Å². The number of nitrogens with one attached hydrogen (secondary N) is 1. The van der Waals surface area contributed by atoms with Crippen LogP contribution in [0.15, 0.2) is 46.8 Å². The van der Waals surface area contributed by atoms with Crippen molar-refractivity contribution < 1.29 is 22.8 Å². The first-order chi connectivity index (χ1) is 16.1. The Morgan fingerprint density at radius 3 is 2.56 bits per heavy atom. The summed E-state index contributed by atoms with van der Waals surface area (Å²) in [5.41, 5.74) is 1.94. The first-order valence-electron chi connectivity index (χ1n) is 9.91. The van der Waals surface area contributed by atoms with Gasteiger partial charge in [0.1, 0.15) is 15.8 Å². The first-order valence-corrected chi connectivity index (χ1v) is 13.1. The maximum Gasteiger partial charge on any atom is 0.266 e. The number of amides is 2. The Morgan fingerprint density at radius 1 is 1.18 bits per heavy atom. The molecule has 1 aromatic carbocycles. The highest BCUT2D eigenvalue weighted by Crippen LogP contribution is 2.31. The second-order valence-electron chi connectivity index (χ2n) is 7.51. The first kappa shape index (κ1) is 24.3. The predicted octanol–water partition coefficient (Wildman–Crippen LogP) is 3.81. The van der Waals surface area contributed by atoms with Crippen molar-refractivity contribution in [2.45, 2.75) is 17.1 Å². The highest BCUT2D eigenvalue weighted by molar-refractivity contribution is 7.94. The van der Waals surface area contributed by atoms with Crippen molar-refractivity contribution in [2.24, 2.45) is 0 Å². The van der Waals surface area contributed by atoms with E-state index in [0.29, 0.717) is 31.7 Å². The van der Waals surface area contributed by atoms with Crippen LogP contribution in [0.3, 0.4) is 0 Å². The minimum Gasteiger partial charge on any atom is -0.387 e. The number of benzene rings is 1. The zero-order valence-electron chi connectivity index (χ0n) is 17.7. The summed E-state index contributed by atoms with van der Waals surface area (Å²) in [5.74, 6) is -2.08. The number of carbonyl (C=O) groups excluding carboxylic acids is 3. The lowest BCUT2D eigenvalue weighted by Crippen LogP contribution is -2.43. The molecule has 0 saturated heterocycles. The normalized spacial score (nSPS) is 13.7. The number of pyridine rings is 1. The molecule has 1 aliphatic heterocycles. The summed E-state index contributed by atoms with van der Waals surface area (Å²) in [6, 6.07) is 8.98. The van der Waals surface area contributed by atoms with Gasteiger partial charge in [0.15, 0.2) is 15.6 Å². The molecule has 0 saturated carbocycles. The maximum atomic E-state index is 13.0. The Balaban J connectivity index is 1.49. The van der Waals surface area contributed by atoms with Crippen molar-refractivity contribution in [1.82, 2.24) is 4.98 Å². The number of nitrogens with zero attached hydrogens (tertiary/aromatic N) is 2. The fourth-order valence-electron chi connectivity index (χ4n) is 3.54. The summed E-state index contributed by atoms with van der Waals surface area (Å²) in [6.45, 7) is 0. The quantitative estimate of drug-likeness (QED) is 0.455. The van der Waals surface area contributed by atoms with Gasteiger partial charge >= 0.3 is 0 Å². The van der Waals surface area contributed by atoms with Gasteiger partial charge in [-0.2, -0.15) is 0 Å². The average molecular weight is 538 g/mol. The lowest BCUT2D eigenvalue weighted by atomic mass is 9.97. The highest BCUT2D eigenvalue weighted by atomic mass is 35.5. The van der Waals surface area contributed by atoms with Gasteiger partial charge in [-0.25, -0.2) is 18.3 Å². The molecule has 8 nitrogen and oxygen atoms in total. The topological polar surface area (TPSA) is 114 Å². The van der Waals surface area contributed by atoms with Crippen LogP contribution in [0.5, 0.6) is 0 Å². The number of Topliss-reactive ketones (excluding diaryl/α,β-unsaturated/α-hetero) is 1. The molecular formula is C22H17Cl2N3O5S2. The maximum absolute atomic E-state index is 13.0. The highest BCUT2D eigenvalue weighted by Gasteiger charge is 2.33. The molecule has 1 aliphatic rings. The minimum absolute atomic E-state index is 0.000560. The van der Waals surface area contributed by atoms with Crippen LogP contribution in [0.25, 0.3) is 0 Å². The van der Waals surface area contributed by atoms with Gasteiger partial charge in [-0.05, 0) is 41.5 Å². The lowest BCUT2D eigenvalue weighted by molar-refractivity contribution is -0.118. The van der Waals surface area contributed by atoms with Crippen molar-refractivity contribution in [1.29, 1.82) is 0 Å². The van der Waals surface area contributed by atoms with E-state index < -0.39 is 33.2 Å². The Labute approximate surface area is 209 Å². The van der Waals surface area contributed by atoms with Crippen LogP contribution in [0.2, 0.25) is 9.36 Å². The van der Waals surface area contributed by atoms with Crippen LogP contribution in [0.1, 0.15) is 21.5 Å². The molecule has 0 fully saturated rings. The number of aromatic nitrogens is 1. The minimum atomic E-state index is -3.78. The molecule has 0 unspecified atom stereocenters. The zero-order valence-corrected chi connectivity index (χ0v) is 20.8. The average Bonchev–Trinajstić information content (AvgIpc) is 3.22. The fraction of sp³-hybridized carbons (Fsp3) is 0.182. The van der Waals surface area contributed by atoms with Crippen LogP contribution in [-0.2, 0) is 32.3 Å². The van der Waals surface area contributed by atoms with Gasteiger partial charge in [-0.3, -0.25) is 14.4 Å². The molecule has 1 N–H and O–H groups in total. The Hall–Kier alpha value is -2.79. The van der Waals surface area contributed by atoms with Crippen molar-refractivity contribution in [3.8, 4) is 0 Å². The Kier molecular flexibility index (Phi) is 6.77. The molecule has 0 aliphatic carbocycles. The van der Waals surface area contributed by atoms with Gasteiger partial charge in [0, 0.05) is 25.2 Å². The van der Waals surface area contributed by atoms with Gasteiger partial charge in [-0.1, -0.05) is 29.3 Å². The van der Waals surface area contributed by atoms with Crippen molar-refractivity contribution in [2.75, 3.05) is 23.0 Å². The third-order valence-corrected chi connectivity index (χ3v) is 8.93. The van der Waals surface area contributed by atoms with E-state index in [1.807, 2.05) is 0 Å². The molecule has 4 rings (SSSR count). The number of anilines is 2. The second-order valence-corrected chi connectivity index (χ2v) is 11.8. The SMILES string of the molecule is CNc1cc2c(cc1Cl)C(=O)N(c1ccc(CC(=O)CS(=O)(=O)c3ccc(Cl)s3)cn1)C(=O)C2. The summed E-state index contributed by atoms with van der Waals surface area (Å²) >= 11 is 12.9. The Bertz CT molecular complexity index is 1420. The molecule has 34 heavy (non-hydrogen) atoms. The number of rotatable bonds is 7. The number of halogens is 2. The van der Waals surface area contributed by atoms with Gasteiger partial charge in [0.05, 0.1) is 21.5 Å². The summed E-state index contributed by atoms with van der Waals surface area (Å²) in [7, 11) is -2.09.